The summed E-state index contributed by atoms with van der Waals surface area (Å²) < 4.78 is 0. The predicted octanol–water partition coefficient (Wildman–Crippen LogP) is 5.63. The van der Waals surface area contributed by atoms with Gasteiger partial charge >= 0.3 is 11.9 Å². The van der Waals surface area contributed by atoms with Gasteiger partial charge in [0.15, 0.2) is 5.41 Å². The van der Waals surface area contributed by atoms with E-state index in [2.05, 4.69) is 6.92 Å². The molecule has 0 fully saturated rings. The van der Waals surface area contributed by atoms with E-state index in [-0.39, 0.29) is 0 Å². The standard InChI is InChI=1S/C24H30O4/c1-2-3-4-5-6-13-18-21(19-14-9-7-10-15-19)24(22(25)26,23(27)28)20-16-11-8-12-17-20/h7-12,14-17,21H,2-6,13,18H2,1H3,(H,25,26)(H,27,28). The number of carboxylic acid groups (broad SMARTS) is 2. The fourth-order valence-corrected chi connectivity index (χ4v) is 3.99. The zero-order valence-corrected chi connectivity index (χ0v) is 16.5. The van der Waals surface area contributed by atoms with E-state index in [0.29, 0.717) is 12.0 Å². The zero-order chi connectivity index (χ0) is 20.4. The van der Waals surface area contributed by atoms with Gasteiger partial charge in [-0.3, -0.25) is 9.59 Å². The van der Waals surface area contributed by atoms with Crippen LogP contribution in [0.3, 0.4) is 0 Å². The van der Waals surface area contributed by atoms with Gasteiger partial charge < -0.3 is 10.2 Å². The Labute approximate surface area is 167 Å². The van der Waals surface area contributed by atoms with Crippen molar-refractivity contribution in [2.75, 3.05) is 0 Å². The van der Waals surface area contributed by atoms with Crippen LogP contribution in [0.4, 0.5) is 0 Å². The Kier molecular flexibility index (Phi) is 8.24. The molecule has 0 spiro atoms. The van der Waals surface area contributed by atoms with Gasteiger partial charge in [0, 0.05) is 5.92 Å². The third-order valence-electron chi connectivity index (χ3n) is 5.47. The second kappa shape index (κ2) is 10.6. The van der Waals surface area contributed by atoms with Crippen molar-refractivity contribution in [1.82, 2.24) is 0 Å². The minimum Gasteiger partial charge on any atom is -0.480 e. The molecule has 2 rings (SSSR count). The van der Waals surface area contributed by atoms with Crippen molar-refractivity contribution in [3.05, 3.63) is 71.8 Å². The molecule has 4 nitrogen and oxygen atoms in total. The molecule has 0 heterocycles. The van der Waals surface area contributed by atoms with E-state index in [1.807, 2.05) is 30.3 Å². The van der Waals surface area contributed by atoms with Crippen molar-refractivity contribution in [2.24, 2.45) is 0 Å². The lowest BCUT2D eigenvalue weighted by Gasteiger charge is -2.34. The van der Waals surface area contributed by atoms with Crippen molar-refractivity contribution >= 4 is 11.9 Å². The van der Waals surface area contributed by atoms with Gasteiger partial charge in [-0.25, -0.2) is 0 Å². The third-order valence-corrected chi connectivity index (χ3v) is 5.47. The number of hydrogen-bond donors (Lipinski definition) is 2. The first-order valence-corrected chi connectivity index (χ1v) is 10.1. The molecule has 0 aliphatic carbocycles. The molecule has 150 valence electrons. The van der Waals surface area contributed by atoms with Gasteiger partial charge in [-0.1, -0.05) is 106 Å². The monoisotopic (exact) mass is 382 g/mol. The summed E-state index contributed by atoms with van der Waals surface area (Å²) in [6.45, 7) is 2.17. The zero-order valence-electron chi connectivity index (χ0n) is 16.5. The van der Waals surface area contributed by atoms with Crippen LogP contribution in [0.2, 0.25) is 0 Å². The van der Waals surface area contributed by atoms with Crippen LogP contribution in [0.5, 0.6) is 0 Å². The largest absolute Gasteiger partial charge is 0.480 e. The Morgan fingerprint density at radius 3 is 1.82 bits per heavy atom. The van der Waals surface area contributed by atoms with Crippen molar-refractivity contribution in [1.29, 1.82) is 0 Å². The summed E-state index contributed by atoms with van der Waals surface area (Å²) in [6, 6.07) is 17.6. The molecule has 2 aromatic carbocycles. The van der Waals surface area contributed by atoms with Crippen LogP contribution in [-0.2, 0) is 15.0 Å². The average molecular weight is 383 g/mol. The average Bonchev–Trinajstić information content (AvgIpc) is 2.70. The molecule has 0 saturated heterocycles. The van der Waals surface area contributed by atoms with E-state index in [1.165, 1.54) is 12.8 Å². The molecule has 4 heteroatoms. The molecule has 0 aliphatic heterocycles. The molecule has 0 saturated carbocycles. The van der Waals surface area contributed by atoms with Crippen LogP contribution in [0.1, 0.15) is 68.9 Å². The smallest absolute Gasteiger partial charge is 0.326 e. The number of hydrogen-bond acceptors (Lipinski definition) is 2. The van der Waals surface area contributed by atoms with Gasteiger partial charge in [-0.2, -0.15) is 0 Å². The molecular formula is C24H30O4. The molecule has 28 heavy (non-hydrogen) atoms. The summed E-state index contributed by atoms with van der Waals surface area (Å²) in [6.07, 6.45) is 6.92. The maximum Gasteiger partial charge on any atom is 0.326 e. The quantitative estimate of drug-likeness (QED) is 0.369. The van der Waals surface area contributed by atoms with Crippen molar-refractivity contribution in [2.45, 2.75) is 63.2 Å². The summed E-state index contributed by atoms with van der Waals surface area (Å²) in [5.74, 6) is -3.27. The SMILES string of the molecule is CCCCCCCCC(c1ccccc1)C(C(=O)O)(C(=O)O)c1ccccc1. The van der Waals surface area contributed by atoms with Crippen LogP contribution >= 0.6 is 0 Å². The second-order valence-corrected chi connectivity index (χ2v) is 7.30. The number of carbonyl (C=O) groups is 2. The molecule has 0 aliphatic rings. The van der Waals surface area contributed by atoms with E-state index in [9.17, 15) is 19.8 Å². The highest BCUT2D eigenvalue weighted by molar-refractivity contribution is 6.06. The molecule has 2 N–H and O–H groups in total. The fraction of sp³-hybridized carbons (Fsp3) is 0.417. The highest BCUT2D eigenvalue weighted by atomic mass is 16.4. The lowest BCUT2D eigenvalue weighted by Crippen LogP contribution is -2.49. The van der Waals surface area contributed by atoms with E-state index in [4.69, 9.17) is 0 Å². The molecule has 2 aromatic rings. The van der Waals surface area contributed by atoms with Crippen molar-refractivity contribution < 1.29 is 19.8 Å². The Morgan fingerprint density at radius 1 is 0.786 bits per heavy atom. The van der Waals surface area contributed by atoms with Crippen molar-refractivity contribution in [3.63, 3.8) is 0 Å². The van der Waals surface area contributed by atoms with Gasteiger partial charge in [0.05, 0.1) is 0 Å². The van der Waals surface area contributed by atoms with Crippen molar-refractivity contribution in [3.8, 4) is 0 Å². The lowest BCUT2D eigenvalue weighted by atomic mass is 9.65. The number of unbranched alkanes of at least 4 members (excludes halogenated alkanes) is 5. The maximum absolute atomic E-state index is 12.5. The number of aliphatic carboxylic acids is 2. The van der Waals surface area contributed by atoms with E-state index < -0.39 is 23.3 Å². The molecule has 1 atom stereocenters. The van der Waals surface area contributed by atoms with Gasteiger partial charge in [-0.15, -0.1) is 0 Å². The lowest BCUT2D eigenvalue weighted by molar-refractivity contribution is -0.159. The van der Waals surface area contributed by atoms with E-state index in [0.717, 1.165) is 31.2 Å². The number of carboxylic acids is 2. The Morgan fingerprint density at radius 2 is 1.29 bits per heavy atom. The first-order valence-electron chi connectivity index (χ1n) is 10.1. The Hall–Kier alpha value is -2.62. The summed E-state index contributed by atoms with van der Waals surface area (Å²) in [5.41, 5.74) is -0.939. The number of rotatable bonds is 12. The highest BCUT2D eigenvalue weighted by Crippen LogP contribution is 2.43. The summed E-state index contributed by atoms with van der Waals surface area (Å²) in [4.78, 5) is 24.9. The van der Waals surface area contributed by atoms with Gasteiger partial charge in [0.25, 0.3) is 0 Å². The third kappa shape index (κ3) is 4.80. The van der Waals surface area contributed by atoms with Crippen LogP contribution in [0.25, 0.3) is 0 Å². The van der Waals surface area contributed by atoms with Crippen LogP contribution in [-0.4, -0.2) is 22.2 Å². The second-order valence-electron chi connectivity index (χ2n) is 7.30. The normalized spacial score (nSPS) is 12.5. The highest BCUT2D eigenvalue weighted by Gasteiger charge is 2.54. The first kappa shape index (κ1) is 21.7. The predicted molar refractivity (Wildman–Crippen MR) is 111 cm³/mol. The van der Waals surface area contributed by atoms with Gasteiger partial charge in [0.1, 0.15) is 0 Å². The molecule has 0 aromatic heterocycles. The van der Waals surface area contributed by atoms with Crippen LogP contribution < -0.4 is 0 Å². The molecule has 0 radical (unpaired) electrons. The summed E-state index contributed by atoms with van der Waals surface area (Å²) >= 11 is 0. The summed E-state index contributed by atoms with van der Waals surface area (Å²) in [5, 5.41) is 20.3. The summed E-state index contributed by atoms with van der Waals surface area (Å²) in [7, 11) is 0. The Balaban J connectivity index is 2.42. The van der Waals surface area contributed by atoms with Crippen LogP contribution in [0.15, 0.2) is 60.7 Å². The van der Waals surface area contributed by atoms with E-state index >= 15 is 0 Å². The minimum absolute atomic E-state index is 0.315. The molecular weight excluding hydrogens is 352 g/mol. The Bertz CT molecular complexity index is 726. The molecule has 0 bridgehead atoms. The minimum atomic E-state index is -2.01. The maximum atomic E-state index is 12.5. The van der Waals surface area contributed by atoms with Gasteiger partial charge in [0.2, 0.25) is 0 Å². The molecule has 0 amide bonds. The van der Waals surface area contributed by atoms with E-state index in [1.54, 1.807) is 30.3 Å². The topological polar surface area (TPSA) is 74.6 Å². The first-order chi connectivity index (χ1) is 13.5. The fourth-order valence-electron chi connectivity index (χ4n) is 3.99. The van der Waals surface area contributed by atoms with Crippen LogP contribution in [0, 0.1) is 0 Å². The molecule has 1 unspecified atom stereocenters. The number of benzene rings is 2. The van der Waals surface area contributed by atoms with Gasteiger partial charge in [-0.05, 0) is 17.5 Å².